The van der Waals surface area contributed by atoms with E-state index in [0.29, 0.717) is 5.41 Å². The summed E-state index contributed by atoms with van der Waals surface area (Å²) < 4.78 is 0. The minimum Gasteiger partial charge on any atom is -0.393 e. The van der Waals surface area contributed by atoms with E-state index in [2.05, 4.69) is 13.8 Å². The third-order valence-electron chi connectivity index (χ3n) is 3.13. The predicted molar refractivity (Wildman–Crippen MR) is 52.0 cm³/mol. The van der Waals surface area contributed by atoms with Gasteiger partial charge in [-0.1, -0.05) is 13.8 Å². The van der Waals surface area contributed by atoms with E-state index in [-0.39, 0.29) is 6.10 Å². The van der Waals surface area contributed by atoms with Crippen LogP contribution in [0.4, 0.5) is 0 Å². The van der Waals surface area contributed by atoms with Crippen LogP contribution in [0.2, 0.25) is 0 Å². The minimum absolute atomic E-state index is 0.101. The van der Waals surface area contributed by atoms with E-state index in [0.717, 1.165) is 12.3 Å². The summed E-state index contributed by atoms with van der Waals surface area (Å²) in [6.45, 7) is 6.61. The van der Waals surface area contributed by atoms with Gasteiger partial charge in [0.05, 0.1) is 6.10 Å². The molecule has 1 fully saturated rings. The van der Waals surface area contributed by atoms with E-state index in [9.17, 15) is 5.11 Å². The third kappa shape index (κ3) is 3.14. The summed E-state index contributed by atoms with van der Waals surface area (Å²) in [6, 6.07) is 0. The van der Waals surface area contributed by atoms with Crippen LogP contribution in [0.1, 0.15) is 52.9 Å². The highest BCUT2D eigenvalue weighted by Gasteiger charge is 2.26. The molecule has 0 aromatic carbocycles. The number of hydrogen-bond donors (Lipinski definition) is 1. The van der Waals surface area contributed by atoms with Gasteiger partial charge in [0.15, 0.2) is 0 Å². The van der Waals surface area contributed by atoms with Crippen LogP contribution in [0.3, 0.4) is 0 Å². The van der Waals surface area contributed by atoms with Crippen molar-refractivity contribution in [3.8, 4) is 0 Å². The Bertz CT molecular complexity index is 128. The molecule has 0 spiro atoms. The summed E-state index contributed by atoms with van der Waals surface area (Å²) in [7, 11) is 0. The summed E-state index contributed by atoms with van der Waals surface area (Å²) in [6.07, 6.45) is 6.22. The molecule has 1 heteroatoms. The molecule has 0 heterocycles. The van der Waals surface area contributed by atoms with Crippen molar-refractivity contribution < 1.29 is 5.11 Å². The highest BCUT2D eigenvalue weighted by molar-refractivity contribution is 4.79. The van der Waals surface area contributed by atoms with Gasteiger partial charge in [0.2, 0.25) is 0 Å². The van der Waals surface area contributed by atoms with Crippen LogP contribution in [0.15, 0.2) is 0 Å². The summed E-state index contributed by atoms with van der Waals surface area (Å²) >= 11 is 0. The molecule has 0 unspecified atom stereocenters. The van der Waals surface area contributed by atoms with Gasteiger partial charge in [-0.25, -0.2) is 0 Å². The summed E-state index contributed by atoms with van der Waals surface area (Å²) in [5.41, 5.74) is 0.565. The zero-order valence-electron chi connectivity index (χ0n) is 8.64. The predicted octanol–water partition coefficient (Wildman–Crippen LogP) is 2.97. The molecule has 12 heavy (non-hydrogen) atoms. The van der Waals surface area contributed by atoms with Crippen LogP contribution in [0, 0.1) is 11.3 Å². The van der Waals surface area contributed by atoms with E-state index >= 15 is 0 Å². The Morgan fingerprint density at radius 2 is 1.83 bits per heavy atom. The molecule has 0 aromatic rings. The molecule has 1 aliphatic carbocycles. The zero-order valence-corrected chi connectivity index (χ0v) is 8.64. The van der Waals surface area contributed by atoms with Gasteiger partial charge in [0.25, 0.3) is 0 Å². The average molecular weight is 170 g/mol. The van der Waals surface area contributed by atoms with Crippen LogP contribution >= 0.6 is 0 Å². The largest absolute Gasteiger partial charge is 0.393 e. The molecule has 0 bridgehead atoms. The smallest absolute Gasteiger partial charge is 0.0514 e. The summed E-state index contributed by atoms with van der Waals surface area (Å²) in [4.78, 5) is 0. The van der Waals surface area contributed by atoms with Gasteiger partial charge >= 0.3 is 0 Å². The second-order valence-corrected chi connectivity index (χ2v) is 5.19. The van der Waals surface area contributed by atoms with Crippen LogP contribution in [-0.4, -0.2) is 11.2 Å². The quantitative estimate of drug-likeness (QED) is 0.675. The van der Waals surface area contributed by atoms with Gasteiger partial charge in [-0.2, -0.15) is 0 Å². The molecule has 0 saturated heterocycles. The Morgan fingerprint density at radius 3 is 2.25 bits per heavy atom. The highest BCUT2D eigenvalue weighted by atomic mass is 16.3. The van der Waals surface area contributed by atoms with E-state index in [1.54, 1.807) is 0 Å². The number of hydrogen-bond acceptors (Lipinski definition) is 1. The lowest BCUT2D eigenvalue weighted by molar-refractivity contribution is 0.118. The van der Waals surface area contributed by atoms with Gasteiger partial charge < -0.3 is 5.11 Å². The lowest BCUT2D eigenvalue weighted by atomic mass is 9.72. The maximum Gasteiger partial charge on any atom is 0.0514 e. The topological polar surface area (TPSA) is 20.2 Å². The van der Waals surface area contributed by atoms with Crippen molar-refractivity contribution in [2.24, 2.45) is 11.3 Å². The number of aliphatic hydroxyl groups is 1. The Labute approximate surface area is 76.2 Å². The minimum atomic E-state index is -0.101. The molecule has 0 radical (unpaired) electrons. The van der Waals surface area contributed by atoms with Crippen LogP contribution < -0.4 is 0 Å². The van der Waals surface area contributed by atoms with Crippen molar-refractivity contribution in [3.05, 3.63) is 0 Å². The maximum absolute atomic E-state index is 9.23. The molecule has 72 valence electrons. The van der Waals surface area contributed by atoms with Crippen LogP contribution in [0.25, 0.3) is 0 Å². The average Bonchev–Trinajstić information content (AvgIpc) is 1.93. The van der Waals surface area contributed by atoms with Crippen LogP contribution in [-0.2, 0) is 0 Å². The summed E-state index contributed by atoms with van der Waals surface area (Å²) in [5, 5.41) is 9.23. The fraction of sp³-hybridized carbons (Fsp3) is 1.00. The van der Waals surface area contributed by atoms with Crippen molar-refractivity contribution >= 4 is 0 Å². The van der Waals surface area contributed by atoms with Crippen molar-refractivity contribution in [1.82, 2.24) is 0 Å². The van der Waals surface area contributed by atoms with Gasteiger partial charge in [0, 0.05) is 0 Å². The fourth-order valence-electron chi connectivity index (χ4n) is 2.18. The molecular formula is C11H22O. The van der Waals surface area contributed by atoms with Crippen molar-refractivity contribution in [2.75, 3.05) is 0 Å². The lowest BCUT2D eigenvalue weighted by Gasteiger charge is -2.34. The fourth-order valence-corrected chi connectivity index (χ4v) is 2.18. The SMILES string of the molecule is C[C@H](O)CC1CCC(C)(C)CC1. The molecule has 0 aliphatic heterocycles. The molecule has 1 N–H and O–H groups in total. The van der Waals surface area contributed by atoms with Gasteiger partial charge in [-0.15, -0.1) is 0 Å². The van der Waals surface area contributed by atoms with Crippen LogP contribution in [0.5, 0.6) is 0 Å². The lowest BCUT2D eigenvalue weighted by Crippen LogP contribution is -2.23. The van der Waals surface area contributed by atoms with Gasteiger partial charge in [-0.3, -0.25) is 0 Å². The molecule has 0 amide bonds. The molecular weight excluding hydrogens is 148 g/mol. The van der Waals surface area contributed by atoms with E-state index in [1.165, 1.54) is 25.7 Å². The maximum atomic E-state index is 9.23. The normalized spacial score (nSPS) is 27.0. The molecule has 1 rings (SSSR count). The van der Waals surface area contributed by atoms with Crippen molar-refractivity contribution in [3.63, 3.8) is 0 Å². The highest BCUT2D eigenvalue weighted by Crippen LogP contribution is 2.39. The monoisotopic (exact) mass is 170 g/mol. The Kier molecular flexibility index (Phi) is 3.16. The van der Waals surface area contributed by atoms with Crippen molar-refractivity contribution in [1.29, 1.82) is 0 Å². The van der Waals surface area contributed by atoms with Gasteiger partial charge in [-0.05, 0) is 50.4 Å². The molecule has 1 atom stereocenters. The zero-order chi connectivity index (χ0) is 9.19. The summed E-state index contributed by atoms with van der Waals surface area (Å²) in [5.74, 6) is 0.790. The van der Waals surface area contributed by atoms with E-state index in [1.807, 2.05) is 6.92 Å². The number of aliphatic hydroxyl groups excluding tert-OH is 1. The van der Waals surface area contributed by atoms with Crippen molar-refractivity contribution in [2.45, 2.75) is 59.0 Å². The molecule has 0 aromatic heterocycles. The second kappa shape index (κ2) is 3.78. The molecule has 1 saturated carbocycles. The Morgan fingerprint density at radius 1 is 1.33 bits per heavy atom. The first kappa shape index (κ1) is 10.0. The second-order valence-electron chi connectivity index (χ2n) is 5.19. The van der Waals surface area contributed by atoms with E-state index in [4.69, 9.17) is 0 Å². The number of rotatable bonds is 2. The first-order valence-electron chi connectivity index (χ1n) is 5.18. The molecule has 1 aliphatic rings. The Balaban J connectivity index is 2.27. The first-order chi connectivity index (χ1) is 5.49. The standard InChI is InChI=1S/C11H22O/c1-9(12)8-10-4-6-11(2,3)7-5-10/h9-10,12H,4-8H2,1-3H3/t9-/m0/s1. The Hall–Kier alpha value is -0.0400. The third-order valence-corrected chi connectivity index (χ3v) is 3.13. The van der Waals surface area contributed by atoms with E-state index < -0.39 is 0 Å². The van der Waals surface area contributed by atoms with Gasteiger partial charge in [0.1, 0.15) is 0 Å². The first-order valence-corrected chi connectivity index (χ1v) is 5.18. The molecule has 1 nitrogen and oxygen atoms in total.